The molecular formula is C19H18FNO7S2. The van der Waals surface area contributed by atoms with E-state index in [9.17, 15) is 17.6 Å². The van der Waals surface area contributed by atoms with Crippen LogP contribution < -0.4 is 18.9 Å². The minimum Gasteiger partial charge on any atom is -0.493 e. The van der Waals surface area contributed by atoms with Gasteiger partial charge >= 0.3 is 5.97 Å². The number of hydrogen-bond donors (Lipinski definition) is 1. The van der Waals surface area contributed by atoms with Crippen LogP contribution in [0.2, 0.25) is 0 Å². The highest BCUT2D eigenvalue weighted by Crippen LogP contribution is 2.42. The molecule has 0 spiro atoms. The molecule has 0 aliphatic carbocycles. The number of carbonyl (C=O) groups excluding carboxylic acids is 1. The Kier molecular flexibility index (Phi) is 6.04. The number of hydrogen-bond acceptors (Lipinski definition) is 8. The first-order valence-corrected chi connectivity index (χ1v) is 10.7. The molecule has 0 fully saturated rings. The lowest BCUT2D eigenvalue weighted by Gasteiger charge is -2.15. The number of nitrogens with one attached hydrogen (secondary N) is 1. The Morgan fingerprint density at radius 3 is 2.20 bits per heavy atom. The molecule has 0 saturated carbocycles. The van der Waals surface area contributed by atoms with E-state index in [1.807, 2.05) is 0 Å². The largest absolute Gasteiger partial charge is 0.493 e. The highest BCUT2D eigenvalue weighted by molar-refractivity contribution is 7.93. The van der Waals surface area contributed by atoms with Crippen molar-refractivity contribution in [1.29, 1.82) is 0 Å². The van der Waals surface area contributed by atoms with E-state index in [1.54, 1.807) is 0 Å². The summed E-state index contributed by atoms with van der Waals surface area (Å²) in [7, 11) is 0.884. The summed E-state index contributed by atoms with van der Waals surface area (Å²) in [6, 6.07) is 6.82. The van der Waals surface area contributed by atoms with Crippen LogP contribution in [0.1, 0.15) is 9.67 Å². The maximum atomic E-state index is 14.5. The Bertz CT molecular complexity index is 1200. The van der Waals surface area contributed by atoms with E-state index in [-0.39, 0.29) is 33.2 Å². The molecule has 0 saturated heterocycles. The number of thiophene rings is 1. The fourth-order valence-electron chi connectivity index (χ4n) is 2.91. The van der Waals surface area contributed by atoms with Gasteiger partial charge in [-0.25, -0.2) is 17.6 Å². The number of carbonyl (C=O) groups is 1. The normalized spacial score (nSPS) is 11.2. The van der Waals surface area contributed by atoms with Crippen molar-refractivity contribution < 1.29 is 36.6 Å². The number of sulfonamides is 1. The average molecular weight is 455 g/mol. The van der Waals surface area contributed by atoms with Crippen molar-refractivity contribution in [2.24, 2.45) is 0 Å². The zero-order valence-corrected chi connectivity index (χ0v) is 18.1. The van der Waals surface area contributed by atoms with Gasteiger partial charge in [-0.15, -0.1) is 11.3 Å². The third kappa shape index (κ3) is 3.73. The van der Waals surface area contributed by atoms with Gasteiger partial charge in [-0.2, -0.15) is 0 Å². The highest BCUT2D eigenvalue weighted by Gasteiger charge is 2.31. The van der Waals surface area contributed by atoms with E-state index in [1.165, 1.54) is 45.6 Å². The lowest BCUT2D eigenvalue weighted by atomic mass is 10.2. The second kappa shape index (κ2) is 8.36. The van der Waals surface area contributed by atoms with Gasteiger partial charge in [0.1, 0.15) is 15.6 Å². The average Bonchev–Trinajstić information content (AvgIpc) is 3.14. The van der Waals surface area contributed by atoms with Crippen molar-refractivity contribution in [3.63, 3.8) is 0 Å². The van der Waals surface area contributed by atoms with E-state index in [4.69, 9.17) is 18.9 Å². The molecule has 1 aromatic heterocycles. The third-order valence-corrected chi connectivity index (χ3v) is 6.89. The minimum absolute atomic E-state index is 0.0657. The molecule has 0 aliphatic heterocycles. The summed E-state index contributed by atoms with van der Waals surface area (Å²) in [6.07, 6.45) is 0. The summed E-state index contributed by atoms with van der Waals surface area (Å²) >= 11 is 0.826. The van der Waals surface area contributed by atoms with Gasteiger partial charge in [-0.1, -0.05) is 6.07 Å². The topological polar surface area (TPSA) is 100 Å². The Balaban J connectivity index is 2.20. The first kappa shape index (κ1) is 21.7. The fraction of sp³-hybridized carbons (Fsp3) is 0.211. The summed E-state index contributed by atoms with van der Waals surface area (Å²) in [5.41, 5.74) is 0.0657. The van der Waals surface area contributed by atoms with Crippen molar-refractivity contribution in [2.75, 3.05) is 33.2 Å². The number of methoxy groups -OCH3 is 4. The van der Waals surface area contributed by atoms with Crippen molar-refractivity contribution in [3.05, 3.63) is 41.0 Å². The molecule has 11 heteroatoms. The quantitative estimate of drug-likeness (QED) is 0.543. The number of halogens is 1. The van der Waals surface area contributed by atoms with Gasteiger partial charge in [0, 0.05) is 22.2 Å². The van der Waals surface area contributed by atoms with Crippen LogP contribution in [-0.4, -0.2) is 42.8 Å². The molecule has 0 bridgehead atoms. The van der Waals surface area contributed by atoms with E-state index >= 15 is 0 Å². The first-order valence-electron chi connectivity index (χ1n) is 8.39. The number of ether oxygens (including phenoxy) is 4. The second-order valence-electron chi connectivity index (χ2n) is 5.88. The third-order valence-electron chi connectivity index (χ3n) is 4.18. The number of esters is 1. The molecule has 0 radical (unpaired) electrons. The Labute approximate surface area is 176 Å². The van der Waals surface area contributed by atoms with Crippen LogP contribution in [0, 0.1) is 5.82 Å². The standard InChI is InChI=1S/C19H18FNO7S2/c1-25-12-8-10(9-13(26-2)16(12)27-3)21-30(23,24)18-15-11(20)6-5-7-14(15)29-17(18)19(22)28-4/h5-9,21H,1-4H3. The van der Waals surface area contributed by atoms with E-state index < -0.39 is 26.7 Å². The van der Waals surface area contributed by atoms with Gasteiger partial charge in [-0.3, -0.25) is 4.72 Å². The zero-order valence-electron chi connectivity index (χ0n) is 16.4. The minimum atomic E-state index is -4.41. The van der Waals surface area contributed by atoms with Crippen molar-refractivity contribution in [1.82, 2.24) is 0 Å². The smallest absolute Gasteiger partial charge is 0.349 e. The van der Waals surface area contributed by atoms with Gasteiger partial charge < -0.3 is 18.9 Å². The van der Waals surface area contributed by atoms with Gasteiger partial charge in [-0.05, 0) is 12.1 Å². The summed E-state index contributed by atoms with van der Waals surface area (Å²) in [5, 5.41) is -0.192. The maximum absolute atomic E-state index is 14.5. The van der Waals surface area contributed by atoms with E-state index in [0.29, 0.717) is 4.70 Å². The molecule has 3 rings (SSSR count). The first-order chi connectivity index (χ1) is 14.3. The zero-order chi connectivity index (χ0) is 22.1. The molecular weight excluding hydrogens is 437 g/mol. The number of anilines is 1. The van der Waals surface area contributed by atoms with Crippen molar-refractivity contribution >= 4 is 43.1 Å². The summed E-state index contributed by atoms with van der Waals surface area (Å²) in [5.74, 6) is -0.969. The van der Waals surface area contributed by atoms with Crippen molar-refractivity contribution in [2.45, 2.75) is 4.90 Å². The van der Waals surface area contributed by atoms with Crippen LogP contribution in [0.3, 0.4) is 0 Å². The lowest BCUT2D eigenvalue weighted by molar-refractivity contribution is 0.0602. The summed E-state index contributed by atoms with van der Waals surface area (Å²) in [4.78, 5) is 11.5. The van der Waals surface area contributed by atoms with Crippen LogP contribution in [-0.2, 0) is 14.8 Å². The van der Waals surface area contributed by atoms with E-state index in [2.05, 4.69) is 4.72 Å². The van der Waals surface area contributed by atoms with Crippen LogP contribution in [0.5, 0.6) is 17.2 Å². The van der Waals surface area contributed by atoms with Crippen molar-refractivity contribution in [3.8, 4) is 17.2 Å². The molecule has 2 aromatic carbocycles. The Morgan fingerprint density at radius 2 is 1.67 bits per heavy atom. The summed E-state index contributed by atoms with van der Waals surface area (Å²) < 4.78 is 64.0. The molecule has 1 N–H and O–H groups in total. The predicted molar refractivity (Wildman–Crippen MR) is 110 cm³/mol. The van der Waals surface area contributed by atoms with Gasteiger partial charge in [0.2, 0.25) is 5.75 Å². The van der Waals surface area contributed by atoms with Gasteiger partial charge in [0.05, 0.1) is 34.1 Å². The molecule has 30 heavy (non-hydrogen) atoms. The predicted octanol–water partition coefficient (Wildman–Crippen LogP) is 3.65. The molecule has 1 heterocycles. The highest BCUT2D eigenvalue weighted by atomic mass is 32.2. The number of fused-ring (bicyclic) bond motifs is 1. The van der Waals surface area contributed by atoms with Crippen LogP contribution in [0.15, 0.2) is 35.2 Å². The van der Waals surface area contributed by atoms with Crippen LogP contribution in [0.4, 0.5) is 10.1 Å². The molecule has 0 aliphatic rings. The van der Waals surface area contributed by atoms with Gasteiger partial charge in [0.25, 0.3) is 10.0 Å². The fourth-order valence-corrected chi connectivity index (χ4v) is 5.79. The maximum Gasteiger partial charge on any atom is 0.349 e. The van der Waals surface area contributed by atoms with E-state index in [0.717, 1.165) is 24.5 Å². The number of benzene rings is 2. The Hall–Kier alpha value is -3.05. The Morgan fingerprint density at radius 1 is 1.03 bits per heavy atom. The summed E-state index contributed by atoms with van der Waals surface area (Å²) in [6.45, 7) is 0. The molecule has 0 unspecified atom stereocenters. The molecule has 0 amide bonds. The number of rotatable bonds is 7. The second-order valence-corrected chi connectivity index (χ2v) is 8.56. The van der Waals surface area contributed by atoms with Crippen LogP contribution in [0.25, 0.3) is 10.1 Å². The molecule has 0 atom stereocenters. The lowest BCUT2D eigenvalue weighted by Crippen LogP contribution is -2.16. The van der Waals surface area contributed by atoms with Crippen LogP contribution >= 0.6 is 11.3 Å². The SMILES string of the molecule is COC(=O)c1sc2cccc(F)c2c1S(=O)(=O)Nc1cc(OC)c(OC)c(OC)c1. The molecule has 160 valence electrons. The molecule has 3 aromatic rings. The molecule has 8 nitrogen and oxygen atoms in total. The van der Waals surface area contributed by atoms with Gasteiger partial charge in [0.15, 0.2) is 11.5 Å². The monoisotopic (exact) mass is 455 g/mol.